The molecule has 1 aromatic carbocycles. The van der Waals surface area contributed by atoms with Crippen LogP contribution in [0.4, 0.5) is 5.95 Å². The monoisotopic (exact) mass is 272 g/mol. The number of aromatic nitrogens is 3. The van der Waals surface area contributed by atoms with Gasteiger partial charge in [0.15, 0.2) is 0 Å². The number of nitrogens with zero attached hydrogens (tertiary/aromatic N) is 2. The molecule has 2 aromatic heterocycles. The normalized spacial score (nSPS) is 10.7. The molecular formula is C13H12N4O3. The average Bonchev–Trinajstić information content (AvgIpc) is 3.06. The van der Waals surface area contributed by atoms with Crippen LogP contribution in [0.25, 0.3) is 11.0 Å². The third kappa shape index (κ3) is 2.20. The second kappa shape index (κ2) is 5.04. The predicted molar refractivity (Wildman–Crippen MR) is 71.7 cm³/mol. The van der Waals surface area contributed by atoms with E-state index in [0.29, 0.717) is 17.8 Å². The highest BCUT2D eigenvalue weighted by molar-refractivity contribution is 6.11. The Bertz CT molecular complexity index is 747. The summed E-state index contributed by atoms with van der Waals surface area (Å²) < 4.78 is 10.4. The van der Waals surface area contributed by atoms with Crippen LogP contribution in [0.15, 0.2) is 34.9 Å². The van der Waals surface area contributed by atoms with Crippen molar-refractivity contribution in [2.45, 2.75) is 6.92 Å². The molecular weight excluding hydrogens is 260 g/mol. The minimum atomic E-state index is -0.325. The van der Waals surface area contributed by atoms with Crippen LogP contribution in [0, 0.1) is 0 Å². The summed E-state index contributed by atoms with van der Waals surface area (Å²) >= 11 is 0. The second-order valence-electron chi connectivity index (χ2n) is 4.00. The van der Waals surface area contributed by atoms with Gasteiger partial charge >= 0.3 is 6.01 Å². The van der Waals surface area contributed by atoms with E-state index in [1.165, 1.54) is 6.26 Å². The van der Waals surface area contributed by atoms with Gasteiger partial charge in [-0.05, 0) is 13.0 Å². The molecule has 0 aliphatic rings. The van der Waals surface area contributed by atoms with Crippen molar-refractivity contribution >= 4 is 22.8 Å². The molecule has 0 fully saturated rings. The Morgan fingerprint density at radius 3 is 3.15 bits per heavy atom. The van der Waals surface area contributed by atoms with Crippen LogP contribution in [0.2, 0.25) is 0 Å². The van der Waals surface area contributed by atoms with E-state index in [1.807, 2.05) is 25.1 Å². The lowest BCUT2D eigenvalue weighted by molar-refractivity contribution is 0.102. The van der Waals surface area contributed by atoms with Gasteiger partial charge < -0.3 is 9.15 Å². The first kappa shape index (κ1) is 12.2. The summed E-state index contributed by atoms with van der Waals surface area (Å²) in [6.45, 7) is 2.28. The summed E-state index contributed by atoms with van der Waals surface area (Å²) in [5.74, 6) is -0.0992. The molecule has 0 atom stereocenters. The molecule has 0 aliphatic carbocycles. The van der Waals surface area contributed by atoms with Crippen molar-refractivity contribution in [2.24, 2.45) is 0 Å². The third-order valence-electron chi connectivity index (χ3n) is 2.70. The molecule has 0 saturated carbocycles. The quantitative estimate of drug-likeness (QED) is 0.759. The SMILES string of the molecule is CCOc1n[nH]c(NC(=O)c2coc3ccccc23)n1. The number of nitrogens with one attached hydrogen (secondary N) is 2. The number of anilines is 1. The van der Waals surface area contributed by atoms with E-state index < -0.39 is 0 Å². The maximum atomic E-state index is 12.2. The molecule has 2 N–H and O–H groups in total. The average molecular weight is 272 g/mol. The van der Waals surface area contributed by atoms with E-state index in [4.69, 9.17) is 9.15 Å². The molecule has 102 valence electrons. The van der Waals surface area contributed by atoms with Crippen molar-refractivity contribution in [1.82, 2.24) is 15.2 Å². The molecule has 3 aromatic rings. The third-order valence-corrected chi connectivity index (χ3v) is 2.70. The number of carbonyl (C=O) groups is 1. The first-order valence-corrected chi connectivity index (χ1v) is 6.10. The summed E-state index contributed by atoms with van der Waals surface area (Å²) in [7, 11) is 0. The van der Waals surface area contributed by atoms with Crippen LogP contribution < -0.4 is 10.1 Å². The number of hydrogen-bond donors (Lipinski definition) is 2. The number of aromatic amines is 1. The molecule has 7 nitrogen and oxygen atoms in total. The molecule has 0 bridgehead atoms. The molecule has 1 amide bonds. The molecule has 0 unspecified atom stereocenters. The Morgan fingerprint density at radius 2 is 2.30 bits per heavy atom. The molecule has 0 saturated heterocycles. The molecule has 0 spiro atoms. The highest BCUT2D eigenvalue weighted by Gasteiger charge is 2.15. The van der Waals surface area contributed by atoms with E-state index in [0.717, 1.165) is 5.39 Å². The largest absolute Gasteiger partial charge is 0.463 e. The van der Waals surface area contributed by atoms with Crippen LogP contribution >= 0.6 is 0 Å². The van der Waals surface area contributed by atoms with Crippen LogP contribution in [-0.4, -0.2) is 27.7 Å². The zero-order valence-electron chi connectivity index (χ0n) is 10.7. The Morgan fingerprint density at radius 1 is 1.45 bits per heavy atom. The van der Waals surface area contributed by atoms with Gasteiger partial charge in [-0.1, -0.05) is 18.2 Å². The molecule has 2 heterocycles. The minimum absolute atomic E-state index is 0.194. The van der Waals surface area contributed by atoms with Crippen molar-refractivity contribution in [3.63, 3.8) is 0 Å². The Hall–Kier alpha value is -2.83. The lowest BCUT2D eigenvalue weighted by Crippen LogP contribution is -2.12. The number of hydrogen-bond acceptors (Lipinski definition) is 5. The van der Waals surface area contributed by atoms with Crippen molar-refractivity contribution in [3.05, 3.63) is 36.1 Å². The van der Waals surface area contributed by atoms with Gasteiger partial charge in [0.2, 0.25) is 5.95 Å². The smallest absolute Gasteiger partial charge is 0.337 e. The topological polar surface area (TPSA) is 93.0 Å². The van der Waals surface area contributed by atoms with Crippen LogP contribution in [0.1, 0.15) is 17.3 Å². The molecule has 20 heavy (non-hydrogen) atoms. The van der Waals surface area contributed by atoms with Gasteiger partial charge in [-0.2, -0.15) is 4.98 Å². The lowest BCUT2D eigenvalue weighted by atomic mass is 10.2. The molecule has 0 radical (unpaired) electrons. The van der Waals surface area contributed by atoms with Crippen molar-refractivity contribution in [3.8, 4) is 6.01 Å². The van der Waals surface area contributed by atoms with E-state index in [1.54, 1.807) is 6.07 Å². The maximum Gasteiger partial charge on any atom is 0.337 e. The summed E-state index contributed by atoms with van der Waals surface area (Å²) in [6, 6.07) is 7.50. The fourth-order valence-corrected chi connectivity index (χ4v) is 1.82. The minimum Gasteiger partial charge on any atom is -0.463 e. The van der Waals surface area contributed by atoms with E-state index in [-0.39, 0.29) is 17.9 Å². The predicted octanol–water partition coefficient (Wildman–Crippen LogP) is 2.20. The number of fused-ring (bicyclic) bond motifs is 1. The summed E-state index contributed by atoms with van der Waals surface area (Å²) in [4.78, 5) is 16.1. The van der Waals surface area contributed by atoms with E-state index in [9.17, 15) is 4.79 Å². The van der Waals surface area contributed by atoms with Gasteiger partial charge in [0.25, 0.3) is 5.91 Å². The Balaban J connectivity index is 1.81. The number of H-pyrrole nitrogens is 1. The van der Waals surface area contributed by atoms with Gasteiger partial charge in [-0.3, -0.25) is 10.1 Å². The van der Waals surface area contributed by atoms with Gasteiger partial charge in [0.05, 0.1) is 12.2 Å². The Labute approximate surface area is 114 Å². The molecule has 7 heteroatoms. The summed E-state index contributed by atoms with van der Waals surface area (Å²) in [5.41, 5.74) is 1.10. The maximum absolute atomic E-state index is 12.2. The molecule has 3 rings (SSSR count). The van der Waals surface area contributed by atoms with E-state index >= 15 is 0 Å². The fraction of sp³-hybridized carbons (Fsp3) is 0.154. The van der Waals surface area contributed by atoms with Crippen molar-refractivity contribution < 1.29 is 13.9 Å². The second-order valence-corrected chi connectivity index (χ2v) is 4.00. The highest BCUT2D eigenvalue weighted by Crippen LogP contribution is 2.21. The van der Waals surface area contributed by atoms with E-state index in [2.05, 4.69) is 20.5 Å². The first-order valence-electron chi connectivity index (χ1n) is 6.10. The number of benzene rings is 1. The number of rotatable bonds is 4. The lowest BCUT2D eigenvalue weighted by Gasteiger charge is -1.98. The standard InChI is InChI=1S/C13H12N4O3/c1-2-19-13-15-12(16-17-13)14-11(18)9-7-20-10-6-4-3-5-8(9)10/h3-7H,2H2,1H3,(H2,14,15,16,17,18). The number of para-hydroxylation sites is 1. The van der Waals surface area contributed by atoms with Gasteiger partial charge in [-0.25, -0.2) is 5.10 Å². The van der Waals surface area contributed by atoms with Crippen LogP contribution in [0.3, 0.4) is 0 Å². The number of amides is 1. The fourth-order valence-electron chi connectivity index (χ4n) is 1.82. The summed E-state index contributed by atoms with van der Waals surface area (Å²) in [5, 5.41) is 9.74. The zero-order valence-corrected chi connectivity index (χ0v) is 10.7. The van der Waals surface area contributed by atoms with Crippen LogP contribution in [0.5, 0.6) is 6.01 Å². The number of furan rings is 1. The summed E-state index contributed by atoms with van der Waals surface area (Å²) in [6.07, 6.45) is 1.42. The van der Waals surface area contributed by atoms with Crippen LogP contribution in [-0.2, 0) is 0 Å². The van der Waals surface area contributed by atoms with Crippen molar-refractivity contribution in [2.75, 3.05) is 11.9 Å². The zero-order chi connectivity index (χ0) is 13.9. The highest BCUT2D eigenvalue weighted by atomic mass is 16.5. The number of carbonyl (C=O) groups excluding carboxylic acids is 1. The first-order chi connectivity index (χ1) is 9.78. The molecule has 0 aliphatic heterocycles. The Kier molecular flexibility index (Phi) is 3.08. The van der Waals surface area contributed by atoms with Gasteiger partial charge in [0, 0.05) is 5.39 Å². The number of ether oxygens (including phenoxy) is 1. The van der Waals surface area contributed by atoms with Gasteiger partial charge in [-0.15, -0.1) is 5.10 Å². The van der Waals surface area contributed by atoms with Gasteiger partial charge in [0.1, 0.15) is 11.8 Å². The van der Waals surface area contributed by atoms with Crippen molar-refractivity contribution in [1.29, 1.82) is 0 Å².